The molecule has 0 aliphatic carbocycles. The fourth-order valence-electron chi connectivity index (χ4n) is 1.78. The zero-order valence-corrected chi connectivity index (χ0v) is 11.4. The molecule has 0 aliphatic rings. The quantitative estimate of drug-likeness (QED) is 0.864. The Morgan fingerprint density at radius 1 is 1.44 bits per heavy atom. The third kappa shape index (κ3) is 2.58. The van der Waals surface area contributed by atoms with Crippen molar-refractivity contribution in [2.45, 2.75) is 47.1 Å². The highest BCUT2D eigenvalue weighted by Crippen LogP contribution is 2.30. The zero-order chi connectivity index (χ0) is 12.3. The summed E-state index contributed by atoms with van der Waals surface area (Å²) in [7, 11) is 0. The lowest BCUT2D eigenvalue weighted by atomic mass is 9.83. The van der Waals surface area contributed by atoms with Crippen molar-refractivity contribution < 1.29 is 0 Å². The van der Waals surface area contributed by atoms with Gasteiger partial charge in [0.05, 0.1) is 16.4 Å². The maximum absolute atomic E-state index is 6.29. The number of hydrogen-bond acceptors (Lipinski definition) is 2. The summed E-state index contributed by atoms with van der Waals surface area (Å²) in [4.78, 5) is 0. The van der Waals surface area contributed by atoms with Crippen LogP contribution < -0.4 is 5.73 Å². The van der Waals surface area contributed by atoms with E-state index in [1.54, 1.807) is 0 Å². The van der Waals surface area contributed by atoms with Crippen molar-refractivity contribution in [2.75, 3.05) is 6.54 Å². The van der Waals surface area contributed by atoms with Gasteiger partial charge < -0.3 is 5.73 Å². The van der Waals surface area contributed by atoms with E-state index < -0.39 is 0 Å². The molecule has 0 aliphatic heterocycles. The number of rotatable bonds is 5. The van der Waals surface area contributed by atoms with E-state index >= 15 is 0 Å². The first kappa shape index (κ1) is 13.5. The molecule has 1 rings (SSSR count). The molecule has 1 unspecified atom stereocenters. The monoisotopic (exact) mass is 243 g/mol. The molecule has 0 spiro atoms. The van der Waals surface area contributed by atoms with E-state index in [9.17, 15) is 0 Å². The normalized spacial score (nSPS) is 15.1. The van der Waals surface area contributed by atoms with E-state index in [0.29, 0.717) is 6.54 Å². The van der Waals surface area contributed by atoms with Crippen LogP contribution in [0.4, 0.5) is 0 Å². The molecule has 1 aromatic heterocycles. The van der Waals surface area contributed by atoms with Crippen molar-refractivity contribution in [3.05, 3.63) is 16.4 Å². The van der Waals surface area contributed by atoms with Gasteiger partial charge >= 0.3 is 0 Å². The Labute approximate surface area is 103 Å². The first-order valence-corrected chi connectivity index (χ1v) is 6.27. The molecule has 0 fully saturated rings. The predicted molar refractivity (Wildman–Crippen MR) is 68.8 cm³/mol. The Morgan fingerprint density at radius 2 is 2.06 bits per heavy atom. The van der Waals surface area contributed by atoms with Gasteiger partial charge in [-0.15, -0.1) is 0 Å². The molecular formula is C12H22ClN3. The largest absolute Gasteiger partial charge is 0.330 e. The van der Waals surface area contributed by atoms with Gasteiger partial charge in [0.1, 0.15) is 0 Å². The van der Waals surface area contributed by atoms with Gasteiger partial charge in [-0.3, -0.25) is 4.68 Å². The van der Waals surface area contributed by atoms with E-state index in [1.165, 1.54) is 0 Å². The highest BCUT2D eigenvalue weighted by Gasteiger charge is 2.25. The molecule has 3 nitrogen and oxygen atoms in total. The lowest BCUT2D eigenvalue weighted by Crippen LogP contribution is -2.30. The number of halogens is 1. The minimum absolute atomic E-state index is 0.114. The molecular weight excluding hydrogens is 222 g/mol. The molecule has 4 heteroatoms. The van der Waals surface area contributed by atoms with E-state index in [-0.39, 0.29) is 5.41 Å². The van der Waals surface area contributed by atoms with Crippen LogP contribution in [0.25, 0.3) is 0 Å². The van der Waals surface area contributed by atoms with Crippen LogP contribution in [0, 0.1) is 12.3 Å². The summed E-state index contributed by atoms with van der Waals surface area (Å²) < 4.78 is 1.99. The average Bonchev–Trinajstić information content (AvgIpc) is 2.56. The molecule has 16 heavy (non-hydrogen) atoms. The smallest absolute Gasteiger partial charge is 0.0847 e. The summed E-state index contributed by atoms with van der Waals surface area (Å²) in [5.41, 5.74) is 7.99. The van der Waals surface area contributed by atoms with Crippen molar-refractivity contribution in [2.24, 2.45) is 11.1 Å². The van der Waals surface area contributed by atoms with Crippen LogP contribution in [0.3, 0.4) is 0 Å². The van der Waals surface area contributed by atoms with Crippen molar-refractivity contribution in [1.82, 2.24) is 9.78 Å². The van der Waals surface area contributed by atoms with Gasteiger partial charge in [0.15, 0.2) is 0 Å². The fraction of sp³-hybridized carbons (Fsp3) is 0.750. The standard InChI is InChI=1S/C12H22ClN3/c1-5-12(4,8-14)7-10-11(13)9(3)15-16(10)6-2/h5-8,14H2,1-4H3. The van der Waals surface area contributed by atoms with Gasteiger partial charge in [0, 0.05) is 6.54 Å². The second-order valence-corrected chi connectivity index (χ2v) is 5.08. The highest BCUT2D eigenvalue weighted by molar-refractivity contribution is 6.31. The van der Waals surface area contributed by atoms with Crippen molar-refractivity contribution in [1.29, 1.82) is 0 Å². The molecule has 92 valence electrons. The average molecular weight is 244 g/mol. The molecule has 0 saturated heterocycles. The van der Waals surface area contributed by atoms with Crippen molar-refractivity contribution in [3.63, 3.8) is 0 Å². The topological polar surface area (TPSA) is 43.8 Å². The number of nitrogens with zero attached hydrogens (tertiary/aromatic N) is 2. The Kier molecular flexibility index (Phi) is 4.39. The van der Waals surface area contributed by atoms with Crippen molar-refractivity contribution in [3.8, 4) is 0 Å². The number of nitrogens with two attached hydrogens (primary N) is 1. The number of aryl methyl sites for hydroxylation is 2. The lowest BCUT2D eigenvalue weighted by molar-refractivity contribution is 0.311. The summed E-state index contributed by atoms with van der Waals surface area (Å²) in [5.74, 6) is 0. The second-order valence-electron chi connectivity index (χ2n) is 4.71. The Hall–Kier alpha value is -0.540. The molecule has 1 atom stereocenters. The van der Waals surface area contributed by atoms with Crippen LogP contribution in [0.1, 0.15) is 38.6 Å². The summed E-state index contributed by atoms with van der Waals surface area (Å²) in [5, 5.41) is 5.23. The van der Waals surface area contributed by atoms with Crippen LogP contribution in [0.5, 0.6) is 0 Å². The number of aromatic nitrogens is 2. The maximum Gasteiger partial charge on any atom is 0.0847 e. The van der Waals surface area contributed by atoms with Gasteiger partial charge in [-0.05, 0) is 38.6 Å². The summed E-state index contributed by atoms with van der Waals surface area (Å²) >= 11 is 6.29. The lowest BCUT2D eigenvalue weighted by Gasteiger charge is -2.26. The van der Waals surface area contributed by atoms with Gasteiger partial charge in [0.2, 0.25) is 0 Å². The number of hydrogen-bond donors (Lipinski definition) is 1. The van der Waals surface area contributed by atoms with E-state index in [1.807, 2.05) is 11.6 Å². The minimum atomic E-state index is 0.114. The predicted octanol–water partition coefficient (Wildman–Crippen LogP) is 2.78. The van der Waals surface area contributed by atoms with Gasteiger partial charge in [-0.1, -0.05) is 25.4 Å². The summed E-state index contributed by atoms with van der Waals surface area (Å²) in [6, 6.07) is 0. The maximum atomic E-state index is 6.29. The minimum Gasteiger partial charge on any atom is -0.330 e. The molecule has 1 aromatic rings. The molecule has 1 heterocycles. The van der Waals surface area contributed by atoms with Gasteiger partial charge in [-0.25, -0.2) is 0 Å². The third-order valence-electron chi connectivity index (χ3n) is 3.39. The summed E-state index contributed by atoms with van der Waals surface area (Å²) in [6.07, 6.45) is 1.95. The summed E-state index contributed by atoms with van der Waals surface area (Å²) in [6.45, 7) is 9.93. The molecule has 0 radical (unpaired) electrons. The Morgan fingerprint density at radius 3 is 2.50 bits per heavy atom. The third-order valence-corrected chi connectivity index (χ3v) is 3.89. The Bertz CT molecular complexity index is 353. The van der Waals surface area contributed by atoms with Crippen molar-refractivity contribution >= 4 is 11.6 Å². The van der Waals surface area contributed by atoms with Crippen LogP contribution >= 0.6 is 11.6 Å². The van der Waals surface area contributed by atoms with Crippen LogP contribution in [0.15, 0.2) is 0 Å². The van der Waals surface area contributed by atoms with Gasteiger partial charge in [-0.2, -0.15) is 5.10 Å². The van der Waals surface area contributed by atoms with Crippen LogP contribution in [-0.4, -0.2) is 16.3 Å². The molecule has 0 aromatic carbocycles. The first-order valence-electron chi connectivity index (χ1n) is 5.89. The van der Waals surface area contributed by atoms with E-state index in [0.717, 1.165) is 35.8 Å². The highest BCUT2D eigenvalue weighted by atomic mass is 35.5. The molecule has 0 bridgehead atoms. The van der Waals surface area contributed by atoms with E-state index in [2.05, 4.69) is 25.9 Å². The van der Waals surface area contributed by atoms with Crippen LogP contribution in [-0.2, 0) is 13.0 Å². The molecule has 0 saturated carbocycles. The van der Waals surface area contributed by atoms with E-state index in [4.69, 9.17) is 17.3 Å². The fourth-order valence-corrected chi connectivity index (χ4v) is 1.99. The second kappa shape index (κ2) is 5.19. The SMILES string of the molecule is CCn1nc(C)c(Cl)c1CC(C)(CC)CN. The first-order chi connectivity index (χ1) is 7.47. The van der Waals surface area contributed by atoms with Crippen LogP contribution in [0.2, 0.25) is 5.02 Å². The molecule has 0 amide bonds. The molecule has 2 N–H and O–H groups in total. The Balaban J connectivity index is 3.04. The zero-order valence-electron chi connectivity index (χ0n) is 10.7. The van der Waals surface area contributed by atoms with Gasteiger partial charge in [0.25, 0.3) is 0 Å².